The number of aryl methyl sites for hydroxylation is 1. The van der Waals surface area contributed by atoms with E-state index in [4.69, 9.17) is 0 Å². The first kappa shape index (κ1) is 13.8. The minimum Gasteiger partial charge on any atom is -0.338 e. The average molecular weight is 283 g/mol. The fraction of sp³-hybridized carbons (Fsp3) is 0.500. The number of nitrogens with zero attached hydrogens (tertiary/aromatic N) is 1. The highest BCUT2D eigenvalue weighted by atomic mass is 32.2. The number of carbonyl (C=O) groups excluding carboxylic acids is 1. The zero-order chi connectivity index (χ0) is 13.9. The van der Waals surface area contributed by atoms with E-state index in [-0.39, 0.29) is 23.5 Å². The molecule has 2 N–H and O–H groups in total. The first-order valence-corrected chi connectivity index (χ1v) is 7.95. The SMILES string of the molecule is Cc1cccnc1NC(=O)NCC1CCS(=O)(=O)C1. The molecule has 104 valence electrons. The summed E-state index contributed by atoms with van der Waals surface area (Å²) in [5, 5.41) is 5.33. The van der Waals surface area contributed by atoms with Crippen LogP contribution >= 0.6 is 0 Å². The molecule has 1 fully saturated rings. The maximum absolute atomic E-state index is 11.7. The van der Waals surface area contributed by atoms with Crippen molar-refractivity contribution in [3.8, 4) is 0 Å². The third-order valence-electron chi connectivity index (χ3n) is 3.12. The summed E-state index contributed by atoms with van der Waals surface area (Å²) in [5.74, 6) is 0.913. The lowest BCUT2D eigenvalue weighted by molar-refractivity contribution is 0.250. The molecule has 1 aliphatic rings. The molecule has 2 rings (SSSR count). The van der Waals surface area contributed by atoms with Crippen LogP contribution in [0, 0.1) is 12.8 Å². The van der Waals surface area contributed by atoms with E-state index in [0.29, 0.717) is 18.8 Å². The van der Waals surface area contributed by atoms with Crippen LogP contribution in [-0.2, 0) is 9.84 Å². The lowest BCUT2D eigenvalue weighted by atomic mass is 10.1. The number of hydrogen-bond acceptors (Lipinski definition) is 4. The fourth-order valence-electron chi connectivity index (χ4n) is 2.04. The van der Waals surface area contributed by atoms with Gasteiger partial charge in [-0.25, -0.2) is 18.2 Å². The molecular formula is C12H17N3O3S. The topological polar surface area (TPSA) is 88.2 Å². The van der Waals surface area contributed by atoms with E-state index in [0.717, 1.165) is 5.56 Å². The largest absolute Gasteiger partial charge is 0.338 e. The lowest BCUT2D eigenvalue weighted by Crippen LogP contribution is -2.33. The van der Waals surface area contributed by atoms with Crippen molar-refractivity contribution in [1.29, 1.82) is 0 Å². The van der Waals surface area contributed by atoms with E-state index in [1.54, 1.807) is 12.3 Å². The van der Waals surface area contributed by atoms with E-state index in [1.807, 2.05) is 13.0 Å². The van der Waals surface area contributed by atoms with Crippen LogP contribution in [0.3, 0.4) is 0 Å². The van der Waals surface area contributed by atoms with Gasteiger partial charge in [0.2, 0.25) is 0 Å². The summed E-state index contributed by atoms with van der Waals surface area (Å²) in [6.45, 7) is 2.23. The van der Waals surface area contributed by atoms with Crippen LogP contribution in [0.15, 0.2) is 18.3 Å². The second kappa shape index (κ2) is 5.56. The summed E-state index contributed by atoms with van der Waals surface area (Å²) < 4.78 is 22.6. The van der Waals surface area contributed by atoms with E-state index < -0.39 is 9.84 Å². The monoisotopic (exact) mass is 283 g/mol. The number of hydrogen-bond donors (Lipinski definition) is 2. The van der Waals surface area contributed by atoms with Gasteiger partial charge in [-0.3, -0.25) is 5.32 Å². The normalized spacial score (nSPS) is 21.0. The zero-order valence-corrected chi connectivity index (χ0v) is 11.5. The molecule has 0 spiro atoms. The lowest BCUT2D eigenvalue weighted by Gasteiger charge is -2.11. The summed E-state index contributed by atoms with van der Waals surface area (Å²) in [6, 6.07) is 3.29. The number of sulfone groups is 1. The van der Waals surface area contributed by atoms with Crippen molar-refractivity contribution < 1.29 is 13.2 Å². The van der Waals surface area contributed by atoms with Gasteiger partial charge in [-0.05, 0) is 30.9 Å². The molecule has 0 aliphatic carbocycles. The number of amides is 2. The number of anilines is 1. The molecule has 0 aromatic carbocycles. The van der Waals surface area contributed by atoms with Crippen molar-refractivity contribution in [2.75, 3.05) is 23.4 Å². The van der Waals surface area contributed by atoms with Crippen LogP contribution in [0.4, 0.5) is 10.6 Å². The van der Waals surface area contributed by atoms with Gasteiger partial charge in [0, 0.05) is 12.7 Å². The summed E-state index contributed by atoms with van der Waals surface area (Å²) >= 11 is 0. The number of carbonyl (C=O) groups is 1. The minimum atomic E-state index is -2.89. The van der Waals surface area contributed by atoms with Gasteiger partial charge in [0.25, 0.3) is 0 Å². The number of urea groups is 1. The molecule has 1 aliphatic heterocycles. The highest BCUT2D eigenvalue weighted by Crippen LogP contribution is 2.17. The Morgan fingerprint density at radius 2 is 2.32 bits per heavy atom. The molecule has 6 nitrogen and oxygen atoms in total. The standard InChI is InChI=1S/C12H17N3O3S/c1-9-3-2-5-13-11(9)15-12(16)14-7-10-4-6-19(17,18)8-10/h2-3,5,10H,4,6-8H2,1H3,(H2,13,14,15,16). The van der Waals surface area contributed by atoms with Crippen molar-refractivity contribution in [2.24, 2.45) is 5.92 Å². The van der Waals surface area contributed by atoms with Gasteiger partial charge in [0.05, 0.1) is 11.5 Å². The van der Waals surface area contributed by atoms with Gasteiger partial charge in [0.15, 0.2) is 9.84 Å². The second-order valence-corrected chi connectivity index (χ2v) is 7.00. The first-order valence-electron chi connectivity index (χ1n) is 6.13. The highest BCUT2D eigenvalue weighted by Gasteiger charge is 2.27. The van der Waals surface area contributed by atoms with Gasteiger partial charge < -0.3 is 5.32 Å². The zero-order valence-electron chi connectivity index (χ0n) is 10.7. The molecule has 0 bridgehead atoms. The van der Waals surface area contributed by atoms with Crippen molar-refractivity contribution in [1.82, 2.24) is 10.3 Å². The van der Waals surface area contributed by atoms with Crippen molar-refractivity contribution in [2.45, 2.75) is 13.3 Å². The molecule has 2 amide bonds. The van der Waals surface area contributed by atoms with Gasteiger partial charge >= 0.3 is 6.03 Å². The Labute approximate surface area is 112 Å². The highest BCUT2D eigenvalue weighted by molar-refractivity contribution is 7.91. The summed E-state index contributed by atoms with van der Waals surface area (Å²) in [7, 11) is -2.89. The van der Waals surface area contributed by atoms with Gasteiger partial charge in [-0.15, -0.1) is 0 Å². The van der Waals surface area contributed by atoms with E-state index in [9.17, 15) is 13.2 Å². The molecule has 0 radical (unpaired) electrons. The molecule has 1 atom stereocenters. The molecule has 7 heteroatoms. The first-order chi connectivity index (χ1) is 8.96. The number of nitrogens with one attached hydrogen (secondary N) is 2. The molecular weight excluding hydrogens is 266 g/mol. The Morgan fingerprint density at radius 1 is 1.53 bits per heavy atom. The Bertz CT molecular complexity index is 571. The Kier molecular flexibility index (Phi) is 4.04. The maximum atomic E-state index is 11.7. The molecule has 2 heterocycles. The number of pyridine rings is 1. The third-order valence-corrected chi connectivity index (χ3v) is 4.96. The molecule has 1 aromatic rings. The quantitative estimate of drug-likeness (QED) is 0.864. The second-order valence-electron chi connectivity index (χ2n) is 4.77. The summed E-state index contributed by atoms with van der Waals surface area (Å²) in [6.07, 6.45) is 2.22. The molecule has 1 unspecified atom stereocenters. The van der Waals surface area contributed by atoms with Crippen molar-refractivity contribution >= 4 is 21.7 Å². The van der Waals surface area contributed by atoms with E-state index in [2.05, 4.69) is 15.6 Å². The number of rotatable bonds is 3. The predicted octanol–water partition coefficient (Wildman–Crippen LogP) is 0.946. The number of aromatic nitrogens is 1. The van der Waals surface area contributed by atoms with Crippen LogP contribution in [0.2, 0.25) is 0 Å². The van der Waals surface area contributed by atoms with Crippen LogP contribution in [0.1, 0.15) is 12.0 Å². The van der Waals surface area contributed by atoms with E-state index in [1.165, 1.54) is 0 Å². The molecule has 19 heavy (non-hydrogen) atoms. The molecule has 0 saturated carbocycles. The van der Waals surface area contributed by atoms with Crippen molar-refractivity contribution in [3.05, 3.63) is 23.9 Å². The van der Waals surface area contributed by atoms with Crippen LogP contribution in [0.25, 0.3) is 0 Å². The van der Waals surface area contributed by atoms with Gasteiger partial charge in [-0.1, -0.05) is 6.07 Å². The van der Waals surface area contributed by atoms with Crippen LogP contribution < -0.4 is 10.6 Å². The smallest absolute Gasteiger partial charge is 0.320 e. The summed E-state index contributed by atoms with van der Waals surface area (Å²) in [5.41, 5.74) is 0.876. The predicted molar refractivity (Wildman–Crippen MR) is 72.8 cm³/mol. The van der Waals surface area contributed by atoms with E-state index >= 15 is 0 Å². The van der Waals surface area contributed by atoms with Crippen LogP contribution in [0.5, 0.6) is 0 Å². The average Bonchev–Trinajstić information content (AvgIpc) is 2.69. The Balaban J connectivity index is 1.81. The Morgan fingerprint density at radius 3 is 2.95 bits per heavy atom. The summed E-state index contributed by atoms with van der Waals surface area (Å²) in [4.78, 5) is 15.7. The van der Waals surface area contributed by atoms with Gasteiger partial charge in [0.1, 0.15) is 5.82 Å². The third kappa shape index (κ3) is 3.92. The van der Waals surface area contributed by atoms with Crippen molar-refractivity contribution in [3.63, 3.8) is 0 Å². The molecule has 1 aromatic heterocycles. The van der Waals surface area contributed by atoms with Gasteiger partial charge in [-0.2, -0.15) is 0 Å². The fourth-order valence-corrected chi connectivity index (χ4v) is 3.90. The maximum Gasteiger partial charge on any atom is 0.320 e. The van der Waals surface area contributed by atoms with Crippen LogP contribution in [-0.4, -0.2) is 37.5 Å². The molecule has 1 saturated heterocycles. The minimum absolute atomic E-state index is 0.0144. The Hall–Kier alpha value is -1.63.